The summed E-state index contributed by atoms with van der Waals surface area (Å²) in [6, 6.07) is 12.0. The van der Waals surface area contributed by atoms with Gasteiger partial charge < -0.3 is 19.9 Å². The SMILES string of the molecule is CCOc1cc(CNCC(C)O)cc(Cl)c1OCc1ccc(C)cc1. The van der Waals surface area contributed by atoms with Crippen LogP contribution in [0.3, 0.4) is 0 Å². The maximum absolute atomic E-state index is 9.33. The summed E-state index contributed by atoms with van der Waals surface area (Å²) in [5, 5.41) is 13.0. The minimum absolute atomic E-state index is 0.390. The molecule has 0 spiro atoms. The van der Waals surface area contributed by atoms with Gasteiger partial charge in [-0.1, -0.05) is 41.4 Å². The zero-order valence-corrected chi connectivity index (χ0v) is 15.8. The fourth-order valence-electron chi connectivity index (χ4n) is 2.39. The Bertz CT molecular complexity index is 671. The molecule has 2 rings (SSSR count). The van der Waals surface area contributed by atoms with Crippen molar-refractivity contribution < 1.29 is 14.6 Å². The number of rotatable bonds is 9. The Morgan fingerprint density at radius 1 is 1.12 bits per heavy atom. The van der Waals surface area contributed by atoms with Crippen LogP contribution in [-0.2, 0) is 13.2 Å². The van der Waals surface area contributed by atoms with Crippen molar-refractivity contribution in [3.05, 3.63) is 58.1 Å². The first-order chi connectivity index (χ1) is 12.0. The first kappa shape index (κ1) is 19.6. The predicted molar refractivity (Wildman–Crippen MR) is 102 cm³/mol. The van der Waals surface area contributed by atoms with Gasteiger partial charge in [-0.2, -0.15) is 0 Å². The third-order valence-electron chi connectivity index (χ3n) is 3.64. The number of ether oxygens (including phenoxy) is 2. The number of benzene rings is 2. The van der Waals surface area contributed by atoms with E-state index in [0.29, 0.717) is 42.8 Å². The van der Waals surface area contributed by atoms with Crippen LogP contribution in [0.2, 0.25) is 5.02 Å². The molecule has 0 amide bonds. The molecule has 0 saturated heterocycles. The first-order valence-corrected chi connectivity index (χ1v) is 8.89. The first-order valence-electron chi connectivity index (χ1n) is 8.52. The number of hydrogen-bond acceptors (Lipinski definition) is 4. The highest BCUT2D eigenvalue weighted by molar-refractivity contribution is 6.32. The van der Waals surface area contributed by atoms with Crippen LogP contribution in [-0.4, -0.2) is 24.4 Å². The van der Waals surface area contributed by atoms with Gasteiger partial charge in [-0.15, -0.1) is 0 Å². The molecule has 2 N–H and O–H groups in total. The summed E-state index contributed by atoms with van der Waals surface area (Å²) in [6.07, 6.45) is -0.390. The summed E-state index contributed by atoms with van der Waals surface area (Å²) < 4.78 is 11.6. The lowest BCUT2D eigenvalue weighted by molar-refractivity contribution is 0.191. The number of aryl methyl sites for hydroxylation is 1. The van der Waals surface area contributed by atoms with E-state index in [9.17, 15) is 5.11 Å². The van der Waals surface area contributed by atoms with Crippen LogP contribution < -0.4 is 14.8 Å². The smallest absolute Gasteiger partial charge is 0.180 e. The van der Waals surface area contributed by atoms with E-state index in [1.807, 2.05) is 31.2 Å². The average molecular weight is 364 g/mol. The van der Waals surface area contributed by atoms with Crippen molar-refractivity contribution in [1.29, 1.82) is 0 Å². The van der Waals surface area contributed by atoms with Crippen LogP contribution in [0.5, 0.6) is 11.5 Å². The molecule has 0 heterocycles. The van der Waals surface area contributed by atoms with Crippen molar-refractivity contribution in [3.63, 3.8) is 0 Å². The van der Waals surface area contributed by atoms with Crippen molar-refractivity contribution in [2.45, 2.75) is 40.0 Å². The van der Waals surface area contributed by atoms with E-state index >= 15 is 0 Å². The fourth-order valence-corrected chi connectivity index (χ4v) is 2.68. The zero-order valence-electron chi connectivity index (χ0n) is 15.0. The summed E-state index contributed by atoms with van der Waals surface area (Å²) >= 11 is 6.42. The third-order valence-corrected chi connectivity index (χ3v) is 3.92. The van der Waals surface area contributed by atoms with Crippen LogP contribution in [0.25, 0.3) is 0 Å². The molecular weight excluding hydrogens is 338 g/mol. The molecule has 5 heteroatoms. The Labute approximate surface area is 154 Å². The summed E-state index contributed by atoms with van der Waals surface area (Å²) in [7, 11) is 0. The molecule has 0 aliphatic heterocycles. The van der Waals surface area contributed by atoms with Gasteiger partial charge in [-0.3, -0.25) is 0 Å². The summed E-state index contributed by atoms with van der Waals surface area (Å²) in [5.41, 5.74) is 3.27. The van der Waals surface area contributed by atoms with Gasteiger partial charge in [0.25, 0.3) is 0 Å². The molecule has 4 nitrogen and oxygen atoms in total. The van der Waals surface area contributed by atoms with Crippen molar-refractivity contribution in [2.24, 2.45) is 0 Å². The van der Waals surface area contributed by atoms with Crippen molar-refractivity contribution in [1.82, 2.24) is 5.32 Å². The summed E-state index contributed by atoms with van der Waals surface area (Å²) in [4.78, 5) is 0. The van der Waals surface area contributed by atoms with Crippen molar-refractivity contribution in [2.75, 3.05) is 13.2 Å². The van der Waals surface area contributed by atoms with E-state index in [0.717, 1.165) is 11.1 Å². The highest BCUT2D eigenvalue weighted by atomic mass is 35.5. The molecule has 25 heavy (non-hydrogen) atoms. The Hall–Kier alpha value is -1.75. The topological polar surface area (TPSA) is 50.7 Å². The summed E-state index contributed by atoms with van der Waals surface area (Å²) in [6.45, 7) is 7.81. The van der Waals surface area contributed by atoms with Crippen LogP contribution in [0.15, 0.2) is 36.4 Å². The molecule has 0 radical (unpaired) electrons. The molecule has 0 fully saturated rings. The van der Waals surface area contributed by atoms with Gasteiger partial charge in [0, 0.05) is 13.1 Å². The van der Waals surface area contributed by atoms with Gasteiger partial charge in [-0.25, -0.2) is 0 Å². The minimum atomic E-state index is -0.390. The molecule has 0 bridgehead atoms. The van der Waals surface area contributed by atoms with E-state index in [4.69, 9.17) is 21.1 Å². The van der Waals surface area contributed by atoms with Gasteiger partial charge in [0.15, 0.2) is 11.5 Å². The molecule has 1 atom stereocenters. The van der Waals surface area contributed by atoms with Crippen molar-refractivity contribution >= 4 is 11.6 Å². The van der Waals surface area contributed by atoms with E-state index in [1.54, 1.807) is 6.92 Å². The van der Waals surface area contributed by atoms with E-state index in [1.165, 1.54) is 5.56 Å². The van der Waals surface area contributed by atoms with Gasteiger partial charge in [0.2, 0.25) is 0 Å². The fraction of sp³-hybridized carbons (Fsp3) is 0.400. The lowest BCUT2D eigenvalue weighted by Crippen LogP contribution is -2.23. The Balaban J connectivity index is 2.11. The van der Waals surface area contributed by atoms with Gasteiger partial charge in [-0.05, 0) is 44.0 Å². The minimum Gasteiger partial charge on any atom is -0.490 e. The Kier molecular flexibility index (Phi) is 7.56. The maximum Gasteiger partial charge on any atom is 0.180 e. The highest BCUT2D eigenvalue weighted by Crippen LogP contribution is 2.37. The number of aliphatic hydroxyl groups is 1. The molecular formula is C20H26ClNO3. The third kappa shape index (κ3) is 6.24. The average Bonchev–Trinajstić information content (AvgIpc) is 2.55. The largest absolute Gasteiger partial charge is 0.490 e. The molecule has 1 unspecified atom stereocenters. The van der Waals surface area contributed by atoms with Gasteiger partial charge >= 0.3 is 0 Å². The normalized spacial score (nSPS) is 12.0. The molecule has 0 aliphatic rings. The van der Waals surface area contributed by atoms with Crippen LogP contribution >= 0.6 is 11.6 Å². The molecule has 2 aromatic rings. The predicted octanol–water partition coefficient (Wildman–Crippen LogP) is 4.10. The molecule has 0 aromatic heterocycles. The van der Waals surface area contributed by atoms with Gasteiger partial charge in [0.1, 0.15) is 6.61 Å². The number of hydrogen-bond donors (Lipinski definition) is 2. The van der Waals surface area contributed by atoms with Gasteiger partial charge in [0.05, 0.1) is 17.7 Å². The Morgan fingerprint density at radius 3 is 2.48 bits per heavy atom. The van der Waals surface area contributed by atoms with E-state index < -0.39 is 0 Å². The van der Waals surface area contributed by atoms with Crippen LogP contribution in [0.1, 0.15) is 30.5 Å². The standard InChI is InChI=1S/C20H26ClNO3/c1-4-24-19-10-17(12-22-11-15(3)23)9-18(21)20(19)25-13-16-7-5-14(2)6-8-16/h5-10,15,22-23H,4,11-13H2,1-3H3. The Morgan fingerprint density at radius 2 is 1.84 bits per heavy atom. The molecule has 136 valence electrons. The summed E-state index contributed by atoms with van der Waals surface area (Å²) in [5.74, 6) is 1.19. The number of nitrogens with one attached hydrogen (secondary N) is 1. The maximum atomic E-state index is 9.33. The molecule has 2 aromatic carbocycles. The quantitative estimate of drug-likeness (QED) is 0.704. The zero-order chi connectivity index (χ0) is 18.2. The number of halogens is 1. The molecule has 0 aliphatic carbocycles. The molecule has 0 saturated carbocycles. The highest BCUT2D eigenvalue weighted by Gasteiger charge is 2.13. The van der Waals surface area contributed by atoms with E-state index in [2.05, 4.69) is 24.4 Å². The monoisotopic (exact) mass is 363 g/mol. The second-order valence-electron chi connectivity index (χ2n) is 6.09. The van der Waals surface area contributed by atoms with Crippen LogP contribution in [0.4, 0.5) is 0 Å². The van der Waals surface area contributed by atoms with Crippen LogP contribution in [0, 0.1) is 6.92 Å². The lowest BCUT2D eigenvalue weighted by Gasteiger charge is -2.16. The second kappa shape index (κ2) is 9.66. The second-order valence-corrected chi connectivity index (χ2v) is 6.50. The van der Waals surface area contributed by atoms with E-state index in [-0.39, 0.29) is 6.10 Å². The van der Waals surface area contributed by atoms with Crippen molar-refractivity contribution in [3.8, 4) is 11.5 Å². The lowest BCUT2D eigenvalue weighted by atomic mass is 10.1. The number of aliphatic hydroxyl groups excluding tert-OH is 1.